The van der Waals surface area contributed by atoms with Crippen molar-refractivity contribution in [1.29, 1.82) is 0 Å². The van der Waals surface area contributed by atoms with Crippen molar-refractivity contribution in [1.82, 2.24) is 15.1 Å². The standard InChI is InChI=1S/C19H20N4O2/c1-2-23(13-14-6-4-3-5-7-14)19(25)22-17-9-8-15(10-18(17)24)16-11-20-21-12-16/h3-12,24H,2,13H2,1H3,(H,20,21)(H,22,25). The number of carbonyl (C=O) groups is 1. The lowest BCUT2D eigenvalue weighted by Crippen LogP contribution is -2.34. The molecule has 2 aromatic carbocycles. The van der Waals surface area contributed by atoms with Crippen LogP contribution in [0.25, 0.3) is 11.1 Å². The van der Waals surface area contributed by atoms with Gasteiger partial charge in [-0.15, -0.1) is 0 Å². The molecule has 0 saturated carbocycles. The summed E-state index contributed by atoms with van der Waals surface area (Å²) in [5.41, 5.74) is 3.12. The van der Waals surface area contributed by atoms with Gasteiger partial charge in [-0.1, -0.05) is 36.4 Å². The number of amides is 2. The number of urea groups is 1. The Labute approximate surface area is 146 Å². The number of hydrogen-bond donors (Lipinski definition) is 3. The van der Waals surface area contributed by atoms with Gasteiger partial charge in [0.2, 0.25) is 0 Å². The maximum absolute atomic E-state index is 12.5. The number of aromatic hydroxyl groups is 1. The van der Waals surface area contributed by atoms with Gasteiger partial charge in [-0.25, -0.2) is 4.79 Å². The average molecular weight is 336 g/mol. The van der Waals surface area contributed by atoms with Crippen molar-refractivity contribution in [3.63, 3.8) is 0 Å². The molecule has 0 fully saturated rings. The lowest BCUT2D eigenvalue weighted by molar-refractivity contribution is 0.212. The summed E-state index contributed by atoms with van der Waals surface area (Å²) in [4.78, 5) is 14.2. The summed E-state index contributed by atoms with van der Waals surface area (Å²) in [6.45, 7) is 3.00. The number of carbonyl (C=O) groups excluding carboxylic acids is 1. The van der Waals surface area contributed by atoms with Gasteiger partial charge in [0.25, 0.3) is 0 Å². The fraction of sp³-hybridized carbons (Fsp3) is 0.158. The molecule has 1 heterocycles. The molecule has 0 bridgehead atoms. The average Bonchev–Trinajstić information content (AvgIpc) is 3.17. The first-order valence-corrected chi connectivity index (χ1v) is 8.09. The summed E-state index contributed by atoms with van der Waals surface area (Å²) in [6.07, 6.45) is 3.41. The molecule has 25 heavy (non-hydrogen) atoms. The smallest absolute Gasteiger partial charge is 0.322 e. The Bertz CT molecular complexity index is 832. The van der Waals surface area contributed by atoms with Gasteiger partial charge in [0.05, 0.1) is 11.9 Å². The van der Waals surface area contributed by atoms with E-state index in [4.69, 9.17) is 0 Å². The number of rotatable bonds is 5. The van der Waals surface area contributed by atoms with Gasteiger partial charge in [0.1, 0.15) is 5.75 Å². The molecule has 0 spiro atoms. The molecular formula is C19H20N4O2. The molecule has 0 radical (unpaired) electrons. The third-order valence-electron chi connectivity index (χ3n) is 3.96. The highest BCUT2D eigenvalue weighted by atomic mass is 16.3. The number of H-pyrrole nitrogens is 1. The first-order chi connectivity index (χ1) is 12.2. The second kappa shape index (κ2) is 7.53. The Kier molecular flexibility index (Phi) is 4.99. The van der Waals surface area contributed by atoms with Crippen LogP contribution < -0.4 is 5.32 Å². The van der Waals surface area contributed by atoms with E-state index in [0.29, 0.717) is 18.8 Å². The van der Waals surface area contributed by atoms with E-state index in [9.17, 15) is 9.90 Å². The molecule has 0 unspecified atom stereocenters. The van der Waals surface area contributed by atoms with Gasteiger partial charge in [-0.2, -0.15) is 5.10 Å². The van der Waals surface area contributed by atoms with Crippen molar-refractivity contribution in [3.8, 4) is 16.9 Å². The van der Waals surface area contributed by atoms with E-state index >= 15 is 0 Å². The molecule has 0 aliphatic rings. The maximum atomic E-state index is 12.5. The normalized spacial score (nSPS) is 10.4. The van der Waals surface area contributed by atoms with Crippen LogP contribution in [0.4, 0.5) is 10.5 Å². The van der Waals surface area contributed by atoms with E-state index in [1.165, 1.54) is 0 Å². The molecule has 0 atom stereocenters. The highest BCUT2D eigenvalue weighted by Crippen LogP contribution is 2.29. The largest absolute Gasteiger partial charge is 0.506 e. The minimum absolute atomic E-state index is 0.0165. The van der Waals surface area contributed by atoms with Crippen molar-refractivity contribution in [2.75, 3.05) is 11.9 Å². The minimum atomic E-state index is -0.252. The second-order valence-corrected chi connectivity index (χ2v) is 5.65. The van der Waals surface area contributed by atoms with Gasteiger partial charge in [-0.05, 0) is 30.2 Å². The number of anilines is 1. The molecule has 0 saturated heterocycles. The Hall–Kier alpha value is -3.28. The van der Waals surface area contributed by atoms with Crippen LogP contribution in [0.2, 0.25) is 0 Å². The van der Waals surface area contributed by atoms with Crippen LogP contribution >= 0.6 is 0 Å². The third kappa shape index (κ3) is 3.98. The highest BCUT2D eigenvalue weighted by Gasteiger charge is 2.14. The molecule has 3 N–H and O–H groups in total. The summed E-state index contributed by atoms with van der Waals surface area (Å²) >= 11 is 0. The number of phenols is 1. The van der Waals surface area contributed by atoms with Crippen molar-refractivity contribution in [3.05, 3.63) is 66.5 Å². The van der Waals surface area contributed by atoms with Crippen LogP contribution in [0, 0.1) is 0 Å². The van der Waals surface area contributed by atoms with Gasteiger partial charge in [-0.3, -0.25) is 5.10 Å². The Morgan fingerprint density at radius 3 is 2.64 bits per heavy atom. The number of aromatic amines is 1. The van der Waals surface area contributed by atoms with Crippen LogP contribution in [0.15, 0.2) is 60.9 Å². The fourth-order valence-electron chi connectivity index (χ4n) is 2.55. The number of nitrogens with zero attached hydrogens (tertiary/aromatic N) is 2. The molecule has 3 aromatic rings. The Morgan fingerprint density at radius 2 is 2.00 bits per heavy atom. The topological polar surface area (TPSA) is 81.2 Å². The van der Waals surface area contributed by atoms with Gasteiger partial charge in [0.15, 0.2) is 0 Å². The monoisotopic (exact) mass is 336 g/mol. The number of benzene rings is 2. The summed E-state index contributed by atoms with van der Waals surface area (Å²) in [5.74, 6) is 0.0165. The van der Waals surface area contributed by atoms with Crippen molar-refractivity contribution in [2.45, 2.75) is 13.5 Å². The summed E-state index contributed by atoms with van der Waals surface area (Å²) in [6, 6.07) is 14.7. The summed E-state index contributed by atoms with van der Waals surface area (Å²) < 4.78 is 0. The zero-order valence-electron chi connectivity index (χ0n) is 13.9. The third-order valence-corrected chi connectivity index (χ3v) is 3.96. The highest BCUT2D eigenvalue weighted by molar-refractivity contribution is 5.91. The van der Waals surface area contributed by atoms with Crippen LogP contribution in [-0.2, 0) is 6.54 Å². The van der Waals surface area contributed by atoms with E-state index in [0.717, 1.165) is 16.7 Å². The van der Waals surface area contributed by atoms with Gasteiger partial charge < -0.3 is 15.3 Å². The van der Waals surface area contributed by atoms with Crippen LogP contribution in [0.1, 0.15) is 12.5 Å². The summed E-state index contributed by atoms with van der Waals surface area (Å²) in [5, 5.41) is 19.6. The second-order valence-electron chi connectivity index (χ2n) is 5.65. The van der Waals surface area contributed by atoms with Gasteiger partial charge >= 0.3 is 6.03 Å². The fourth-order valence-corrected chi connectivity index (χ4v) is 2.55. The maximum Gasteiger partial charge on any atom is 0.322 e. The molecule has 2 amide bonds. The molecule has 6 heteroatoms. The SMILES string of the molecule is CCN(Cc1ccccc1)C(=O)Nc1ccc(-c2cn[nH]c2)cc1O. The molecule has 0 aliphatic heterocycles. The number of hydrogen-bond acceptors (Lipinski definition) is 3. The number of phenolic OH excluding ortho intramolecular Hbond substituents is 1. The van der Waals surface area contributed by atoms with Crippen LogP contribution in [-0.4, -0.2) is 32.8 Å². The van der Waals surface area contributed by atoms with Crippen molar-refractivity contribution in [2.24, 2.45) is 0 Å². The molecule has 3 rings (SSSR count). The predicted molar refractivity (Wildman–Crippen MR) is 97.2 cm³/mol. The zero-order valence-corrected chi connectivity index (χ0v) is 13.9. The quantitative estimate of drug-likeness (QED) is 0.619. The molecular weight excluding hydrogens is 316 g/mol. The predicted octanol–water partition coefficient (Wildman–Crippen LogP) is 3.84. The van der Waals surface area contributed by atoms with Crippen LogP contribution in [0.5, 0.6) is 5.75 Å². The molecule has 6 nitrogen and oxygen atoms in total. The first kappa shape index (κ1) is 16.6. The molecule has 128 valence electrons. The number of nitrogens with one attached hydrogen (secondary N) is 2. The lowest BCUT2D eigenvalue weighted by atomic mass is 10.1. The van der Waals surface area contributed by atoms with E-state index in [1.54, 1.807) is 29.4 Å². The first-order valence-electron chi connectivity index (χ1n) is 8.09. The Morgan fingerprint density at radius 1 is 1.20 bits per heavy atom. The van der Waals surface area contributed by atoms with Crippen molar-refractivity contribution >= 4 is 11.7 Å². The number of aromatic nitrogens is 2. The molecule has 1 aromatic heterocycles. The summed E-state index contributed by atoms with van der Waals surface area (Å²) in [7, 11) is 0. The van der Waals surface area contributed by atoms with E-state index in [1.807, 2.05) is 43.3 Å². The van der Waals surface area contributed by atoms with E-state index in [2.05, 4.69) is 15.5 Å². The Balaban J connectivity index is 1.71. The van der Waals surface area contributed by atoms with Crippen molar-refractivity contribution < 1.29 is 9.90 Å². The van der Waals surface area contributed by atoms with Gasteiger partial charge in [0, 0.05) is 24.8 Å². The van der Waals surface area contributed by atoms with E-state index < -0.39 is 0 Å². The van der Waals surface area contributed by atoms with E-state index in [-0.39, 0.29) is 11.8 Å². The molecule has 0 aliphatic carbocycles. The minimum Gasteiger partial charge on any atom is -0.506 e. The lowest BCUT2D eigenvalue weighted by Gasteiger charge is -2.22. The zero-order chi connectivity index (χ0) is 17.6. The van der Waals surface area contributed by atoms with Crippen LogP contribution in [0.3, 0.4) is 0 Å².